The SMILES string of the molecule is CCCCCOc1ccc(S(=O)(=O)NCCCC(C)(C)NC(=O)O)c2ccccc12. The molecule has 166 valence electrons. The van der Waals surface area contributed by atoms with Gasteiger partial charge in [-0.2, -0.15) is 0 Å². The van der Waals surface area contributed by atoms with Gasteiger partial charge in [0.05, 0.1) is 11.5 Å². The van der Waals surface area contributed by atoms with Crippen molar-refractivity contribution in [1.29, 1.82) is 0 Å². The van der Waals surface area contributed by atoms with Crippen LogP contribution in [0, 0.1) is 0 Å². The van der Waals surface area contributed by atoms with E-state index in [2.05, 4.69) is 17.0 Å². The van der Waals surface area contributed by atoms with E-state index >= 15 is 0 Å². The summed E-state index contributed by atoms with van der Waals surface area (Å²) in [6.07, 6.45) is 3.07. The Morgan fingerprint density at radius 3 is 2.43 bits per heavy atom. The molecule has 30 heavy (non-hydrogen) atoms. The Kier molecular flexibility index (Phi) is 8.49. The smallest absolute Gasteiger partial charge is 0.405 e. The fourth-order valence-corrected chi connectivity index (χ4v) is 4.59. The van der Waals surface area contributed by atoms with Gasteiger partial charge in [0.25, 0.3) is 0 Å². The number of amides is 1. The number of benzene rings is 2. The Morgan fingerprint density at radius 1 is 1.07 bits per heavy atom. The number of hydrogen-bond acceptors (Lipinski definition) is 4. The molecule has 2 aromatic rings. The highest BCUT2D eigenvalue weighted by Gasteiger charge is 2.21. The highest BCUT2D eigenvalue weighted by Crippen LogP contribution is 2.31. The van der Waals surface area contributed by atoms with Gasteiger partial charge in [0.2, 0.25) is 10.0 Å². The molecule has 0 spiro atoms. The predicted octanol–water partition coefficient (Wildman–Crippen LogP) is 4.51. The fourth-order valence-electron chi connectivity index (χ4n) is 3.30. The summed E-state index contributed by atoms with van der Waals surface area (Å²) in [5.74, 6) is 0.683. The second-order valence-electron chi connectivity index (χ2n) is 7.98. The molecule has 7 nitrogen and oxygen atoms in total. The molecule has 8 heteroatoms. The summed E-state index contributed by atoms with van der Waals surface area (Å²) in [6, 6.07) is 10.6. The number of sulfonamides is 1. The van der Waals surface area contributed by atoms with E-state index in [1.165, 1.54) is 0 Å². The second kappa shape index (κ2) is 10.6. The number of rotatable bonds is 12. The van der Waals surface area contributed by atoms with E-state index in [0.29, 0.717) is 30.6 Å². The van der Waals surface area contributed by atoms with Crippen LogP contribution in [-0.4, -0.2) is 38.3 Å². The van der Waals surface area contributed by atoms with E-state index in [-0.39, 0.29) is 11.4 Å². The first-order valence-corrected chi connectivity index (χ1v) is 11.8. The van der Waals surface area contributed by atoms with Gasteiger partial charge >= 0.3 is 6.09 Å². The van der Waals surface area contributed by atoms with Crippen molar-refractivity contribution in [2.45, 2.75) is 63.3 Å². The minimum atomic E-state index is -3.72. The molecule has 3 N–H and O–H groups in total. The molecule has 0 atom stereocenters. The highest BCUT2D eigenvalue weighted by molar-refractivity contribution is 7.89. The summed E-state index contributed by atoms with van der Waals surface area (Å²) in [4.78, 5) is 11.0. The molecule has 0 aliphatic heterocycles. The number of unbranched alkanes of at least 4 members (excludes halogenated alkanes) is 2. The van der Waals surface area contributed by atoms with Crippen LogP contribution in [0.2, 0.25) is 0 Å². The lowest BCUT2D eigenvalue weighted by molar-refractivity contribution is 0.180. The molecular formula is C22H32N2O5S. The van der Waals surface area contributed by atoms with E-state index in [9.17, 15) is 13.2 Å². The fraction of sp³-hybridized carbons (Fsp3) is 0.500. The molecule has 0 fully saturated rings. The molecule has 0 bridgehead atoms. The monoisotopic (exact) mass is 436 g/mol. The van der Waals surface area contributed by atoms with Gasteiger partial charge in [-0.05, 0) is 45.2 Å². The van der Waals surface area contributed by atoms with Crippen LogP contribution in [0.4, 0.5) is 4.79 Å². The first-order chi connectivity index (χ1) is 14.2. The summed E-state index contributed by atoms with van der Waals surface area (Å²) >= 11 is 0. The van der Waals surface area contributed by atoms with E-state index in [1.54, 1.807) is 32.0 Å². The van der Waals surface area contributed by atoms with E-state index < -0.39 is 21.7 Å². The summed E-state index contributed by atoms with van der Waals surface area (Å²) < 4.78 is 34.3. The van der Waals surface area contributed by atoms with Crippen LogP contribution in [0.3, 0.4) is 0 Å². The summed E-state index contributed by atoms with van der Waals surface area (Å²) in [7, 11) is -3.72. The van der Waals surface area contributed by atoms with Crippen LogP contribution in [0.5, 0.6) is 5.75 Å². The van der Waals surface area contributed by atoms with Crippen LogP contribution in [0.25, 0.3) is 10.8 Å². The lowest BCUT2D eigenvalue weighted by atomic mass is 9.99. The van der Waals surface area contributed by atoms with Crippen LogP contribution in [-0.2, 0) is 10.0 Å². The third-order valence-electron chi connectivity index (χ3n) is 4.85. The minimum absolute atomic E-state index is 0.210. The topological polar surface area (TPSA) is 105 Å². The van der Waals surface area contributed by atoms with Gasteiger partial charge in [0.1, 0.15) is 5.75 Å². The molecule has 0 radical (unpaired) electrons. The van der Waals surface area contributed by atoms with Gasteiger partial charge in [0.15, 0.2) is 0 Å². The summed E-state index contributed by atoms with van der Waals surface area (Å²) in [6.45, 7) is 6.48. The predicted molar refractivity (Wildman–Crippen MR) is 119 cm³/mol. The zero-order valence-electron chi connectivity index (χ0n) is 17.9. The van der Waals surface area contributed by atoms with Crippen LogP contribution in [0.1, 0.15) is 52.9 Å². The van der Waals surface area contributed by atoms with E-state index in [1.807, 2.05) is 18.2 Å². The number of carbonyl (C=O) groups is 1. The minimum Gasteiger partial charge on any atom is -0.493 e. The van der Waals surface area contributed by atoms with Gasteiger partial charge < -0.3 is 15.2 Å². The molecule has 0 aromatic heterocycles. The Morgan fingerprint density at radius 2 is 1.77 bits per heavy atom. The van der Waals surface area contributed by atoms with Gasteiger partial charge in [-0.1, -0.05) is 44.0 Å². The largest absolute Gasteiger partial charge is 0.493 e. The molecule has 0 heterocycles. The third kappa shape index (κ3) is 6.88. The average Bonchev–Trinajstić information content (AvgIpc) is 2.67. The normalized spacial score (nSPS) is 12.1. The van der Waals surface area contributed by atoms with Crippen LogP contribution < -0.4 is 14.8 Å². The van der Waals surface area contributed by atoms with Crippen molar-refractivity contribution in [2.75, 3.05) is 13.2 Å². The molecule has 2 aromatic carbocycles. The van der Waals surface area contributed by atoms with Crippen molar-refractivity contribution in [3.63, 3.8) is 0 Å². The average molecular weight is 437 g/mol. The molecule has 2 rings (SSSR count). The Hall–Kier alpha value is -2.32. The summed E-state index contributed by atoms with van der Waals surface area (Å²) in [5.41, 5.74) is -0.624. The molecular weight excluding hydrogens is 404 g/mol. The maximum atomic E-state index is 12.9. The first-order valence-electron chi connectivity index (χ1n) is 10.3. The number of carboxylic acid groups (broad SMARTS) is 1. The van der Waals surface area contributed by atoms with Crippen molar-refractivity contribution in [3.8, 4) is 5.75 Å². The Balaban J connectivity index is 2.10. The standard InChI is InChI=1S/C22H32N2O5S/c1-4-5-8-16-29-19-12-13-20(18-11-7-6-10-17(18)19)30(27,28)23-15-9-14-22(2,3)24-21(25)26/h6-7,10-13,23-24H,4-5,8-9,14-16H2,1-3H3,(H,25,26). The molecule has 0 saturated heterocycles. The van der Waals surface area contributed by atoms with Crippen molar-refractivity contribution in [2.24, 2.45) is 0 Å². The zero-order chi connectivity index (χ0) is 22.2. The number of hydrogen-bond donors (Lipinski definition) is 3. The Labute approximate surface area is 178 Å². The maximum absolute atomic E-state index is 12.9. The third-order valence-corrected chi connectivity index (χ3v) is 6.37. The Bertz CT molecular complexity index is 957. The maximum Gasteiger partial charge on any atom is 0.405 e. The van der Waals surface area contributed by atoms with Gasteiger partial charge in [-0.25, -0.2) is 17.9 Å². The van der Waals surface area contributed by atoms with Crippen molar-refractivity contribution >= 4 is 26.9 Å². The molecule has 0 aliphatic carbocycles. The quantitative estimate of drug-likeness (QED) is 0.425. The van der Waals surface area contributed by atoms with Gasteiger partial charge in [0, 0.05) is 22.9 Å². The number of ether oxygens (including phenoxy) is 1. The molecule has 0 unspecified atom stereocenters. The number of nitrogens with one attached hydrogen (secondary N) is 2. The lowest BCUT2D eigenvalue weighted by Gasteiger charge is -2.24. The summed E-state index contributed by atoms with van der Waals surface area (Å²) in [5, 5.41) is 12.7. The second-order valence-corrected chi connectivity index (χ2v) is 9.71. The number of fused-ring (bicyclic) bond motifs is 1. The van der Waals surface area contributed by atoms with E-state index in [0.717, 1.165) is 24.6 Å². The molecule has 0 aliphatic rings. The molecule has 0 saturated carbocycles. The van der Waals surface area contributed by atoms with Crippen LogP contribution >= 0.6 is 0 Å². The van der Waals surface area contributed by atoms with Crippen molar-refractivity contribution in [3.05, 3.63) is 36.4 Å². The van der Waals surface area contributed by atoms with Crippen molar-refractivity contribution < 1.29 is 23.1 Å². The van der Waals surface area contributed by atoms with Gasteiger partial charge in [-0.3, -0.25) is 0 Å². The van der Waals surface area contributed by atoms with Gasteiger partial charge in [-0.15, -0.1) is 0 Å². The first kappa shape index (κ1) is 24.0. The van der Waals surface area contributed by atoms with Crippen molar-refractivity contribution in [1.82, 2.24) is 10.0 Å². The highest BCUT2D eigenvalue weighted by atomic mass is 32.2. The molecule has 1 amide bonds. The van der Waals surface area contributed by atoms with Crippen LogP contribution in [0.15, 0.2) is 41.3 Å². The lowest BCUT2D eigenvalue weighted by Crippen LogP contribution is -2.43. The zero-order valence-corrected chi connectivity index (χ0v) is 18.7. The van der Waals surface area contributed by atoms with E-state index in [4.69, 9.17) is 9.84 Å².